The van der Waals surface area contributed by atoms with Crippen LogP contribution in [0.2, 0.25) is 0 Å². The number of thiazole rings is 1. The Morgan fingerprint density at radius 2 is 2.04 bits per heavy atom. The highest BCUT2D eigenvalue weighted by atomic mass is 32.2. The average molecular weight is 420 g/mol. The van der Waals surface area contributed by atoms with Crippen molar-refractivity contribution in [3.63, 3.8) is 0 Å². The largest absolute Gasteiger partial charge is 0.326 e. The molecule has 1 atom stereocenters. The van der Waals surface area contributed by atoms with E-state index in [1.54, 1.807) is 11.3 Å². The summed E-state index contributed by atoms with van der Waals surface area (Å²) in [4.78, 5) is 19.5. The van der Waals surface area contributed by atoms with Crippen LogP contribution in [0.5, 0.6) is 0 Å². The molecule has 0 unspecified atom stereocenters. The third-order valence-corrected chi connectivity index (χ3v) is 8.19. The number of aromatic nitrogens is 1. The van der Waals surface area contributed by atoms with E-state index < -0.39 is 9.84 Å². The minimum atomic E-state index is -2.87. The van der Waals surface area contributed by atoms with Gasteiger partial charge in [0, 0.05) is 28.6 Å². The fraction of sp³-hybridized carbons (Fsp3) is 0.500. The Kier molecular flexibility index (Phi) is 5.53. The Balaban J connectivity index is 1.34. The van der Waals surface area contributed by atoms with Gasteiger partial charge in [0.15, 0.2) is 9.84 Å². The number of hydrogen-bond acceptors (Lipinski definition) is 6. The molecule has 2 aliphatic rings. The van der Waals surface area contributed by atoms with Gasteiger partial charge in [0.2, 0.25) is 5.91 Å². The van der Waals surface area contributed by atoms with Crippen molar-refractivity contribution in [2.75, 3.05) is 29.9 Å². The molecule has 1 N–H and O–H groups in total. The molecule has 2 aliphatic heterocycles. The maximum Gasteiger partial charge on any atom is 0.227 e. The molecule has 4 rings (SSSR count). The SMILES string of the molecule is Cc1nc(-c2cccc(NC(=O)C3CCN([C@H]4CCS(=O)(=O)C4)CC3)c2)cs1. The van der Waals surface area contributed by atoms with Gasteiger partial charge in [-0.25, -0.2) is 13.4 Å². The zero-order valence-electron chi connectivity index (χ0n) is 15.9. The summed E-state index contributed by atoms with van der Waals surface area (Å²) >= 11 is 1.61. The van der Waals surface area contributed by atoms with Crippen LogP contribution in [0.1, 0.15) is 24.3 Å². The summed E-state index contributed by atoms with van der Waals surface area (Å²) in [5.74, 6) is 0.587. The van der Waals surface area contributed by atoms with Gasteiger partial charge in [0.1, 0.15) is 0 Å². The van der Waals surface area contributed by atoms with E-state index in [0.717, 1.165) is 54.3 Å². The second-order valence-corrected chi connectivity index (χ2v) is 11.0. The summed E-state index contributed by atoms with van der Waals surface area (Å²) < 4.78 is 23.4. The Labute approximate surface area is 169 Å². The van der Waals surface area contributed by atoms with Crippen molar-refractivity contribution in [3.05, 3.63) is 34.7 Å². The lowest BCUT2D eigenvalue weighted by Gasteiger charge is -2.34. The van der Waals surface area contributed by atoms with Crippen molar-refractivity contribution in [3.8, 4) is 11.3 Å². The molecule has 1 amide bonds. The molecule has 0 radical (unpaired) electrons. The topological polar surface area (TPSA) is 79.4 Å². The predicted molar refractivity (Wildman–Crippen MR) is 112 cm³/mol. The van der Waals surface area contributed by atoms with E-state index in [0.29, 0.717) is 5.75 Å². The van der Waals surface area contributed by atoms with Crippen molar-refractivity contribution in [2.45, 2.75) is 32.2 Å². The molecule has 0 bridgehead atoms. The van der Waals surface area contributed by atoms with E-state index in [1.165, 1.54) is 0 Å². The Morgan fingerprint density at radius 3 is 2.68 bits per heavy atom. The number of rotatable bonds is 4. The van der Waals surface area contributed by atoms with Crippen molar-refractivity contribution in [2.24, 2.45) is 5.92 Å². The van der Waals surface area contributed by atoms with Gasteiger partial charge in [-0.15, -0.1) is 11.3 Å². The van der Waals surface area contributed by atoms with Gasteiger partial charge in [0.05, 0.1) is 22.2 Å². The van der Waals surface area contributed by atoms with Gasteiger partial charge in [-0.3, -0.25) is 9.69 Å². The molecular formula is C20H25N3O3S2. The molecule has 2 saturated heterocycles. The van der Waals surface area contributed by atoms with Crippen LogP contribution in [0.15, 0.2) is 29.6 Å². The summed E-state index contributed by atoms with van der Waals surface area (Å²) in [7, 11) is -2.87. The van der Waals surface area contributed by atoms with Crippen molar-refractivity contribution < 1.29 is 13.2 Å². The quantitative estimate of drug-likeness (QED) is 0.824. The van der Waals surface area contributed by atoms with E-state index in [9.17, 15) is 13.2 Å². The monoisotopic (exact) mass is 419 g/mol. The fourth-order valence-electron chi connectivity index (χ4n) is 4.09. The minimum Gasteiger partial charge on any atom is -0.326 e. The molecule has 2 aromatic rings. The van der Waals surface area contributed by atoms with Crippen LogP contribution in [-0.4, -0.2) is 54.8 Å². The minimum absolute atomic E-state index is 0.0283. The number of aryl methyl sites for hydroxylation is 1. The molecule has 1 aromatic carbocycles. The third-order valence-electron chi connectivity index (χ3n) is 5.67. The Hall–Kier alpha value is -1.77. The maximum atomic E-state index is 12.7. The van der Waals surface area contributed by atoms with Crippen LogP contribution < -0.4 is 5.32 Å². The zero-order chi connectivity index (χ0) is 19.7. The summed E-state index contributed by atoms with van der Waals surface area (Å²) in [6.07, 6.45) is 2.27. The molecule has 8 heteroatoms. The van der Waals surface area contributed by atoms with E-state index in [2.05, 4.69) is 15.2 Å². The number of benzene rings is 1. The number of carbonyl (C=O) groups excluding carboxylic acids is 1. The number of anilines is 1. The highest BCUT2D eigenvalue weighted by Gasteiger charge is 2.35. The van der Waals surface area contributed by atoms with Gasteiger partial charge < -0.3 is 5.32 Å². The zero-order valence-corrected chi connectivity index (χ0v) is 17.6. The number of nitrogens with zero attached hydrogens (tertiary/aromatic N) is 2. The lowest BCUT2D eigenvalue weighted by Crippen LogP contribution is -2.44. The number of amides is 1. The standard InChI is InChI=1S/C20H25N3O3S2/c1-14-21-19(12-27-14)16-3-2-4-17(11-16)22-20(24)15-5-8-23(9-6-15)18-7-10-28(25,26)13-18/h2-4,11-12,15,18H,5-10,13H2,1H3,(H,22,24)/t18-/m0/s1. The summed E-state index contributed by atoms with van der Waals surface area (Å²) in [6.45, 7) is 3.56. The summed E-state index contributed by atoms with van der Waals surface area (Å²) in [5.41, 5.74) is 2.72. The van der Waals surface area contributed by atoms with E-state index in [-0.39, 0.29) is 23.6 Å². The van der Waals surface area contributed by atoms with Gasteiger partial charge in [-0.1, -0.05) is 12.1 Å². The molecule has 0 aliphatic carbocycles. The lowest BCUT2D eigenvalue weighted by atomic mass is 9.94. The van der Waals surface area contributed by atoms with Crippen molar-refractivity contribution >= 4 is 32.8 Å². The van der Waals surface area contributed by atoms with Crippen LogP contribution in [0.3, 0.4) is 0 Å². The first-order valence-corrected chi connectivity index (χ1v) is 12.4. The molecule has 2 fully saturated rings. The third kappa shape index (κ3) is 4.45. The van der Waals surface area contributed by atoms with Crippen molar-refractivity contribution in [1.29, 1.82) is 0 Å². The molecule has 1 aromatic heterocycles. The van der Waals surface area contributed by atoms with Crippen LogP contribution in [-0.2, 0) is 14.6 Å². The van der Waals surface area contributed by atoms with Gasteiger partial charge in [0.25, 0.3) is 0 Å². The molecule has 0 spiro atoms. The van der Waals surface area contributed by atoms with Crippen LogP contribution in [0, 0.1) is 12.8 Å². The van der Waals surface area contributed by atoms with Gasteiger partial charge in [-0.2, -0.15) is 0 Å². The normalized spacial score (nSPS) is 23.0. The molecule has 150 valence electrons. The van der Waals surface area contributed by atoms with Gasteiger partial charge >= 0.3 is 0 Å². The van der Waals surface area contributed by atoms with E-state index in [4.69, 9.17) is 0 Å². The first-order chi connectivity index (χ1) is 13.4. The van der Waals surface area contributed by atoms with Crippen LogP contribution >= 0.6 is 11.3 Å². The highest BCUT2D eigenvalue weighted by molar-refractivity contribution is 7.91. The number of likely N-dealkylation sites (tertiary alicyclic amines) is 1. The molecule has 0 saturated carbocycles. The predicted octanol–water partition coefficient (Wildman–Crippen LogP) is 2.96. The molecule has 3 heterocycles. The Morgan fingerprint density at radius 1 is 1.25 bits per heavy atom. The number of sulfone groups is 1. The maximum absolute atomic E-state index is 12.7. The highest BCUT2D eigenvalue weighted by Crippen LogP contribution is 2.27. The average Bonchev–Trinajstić information content (AvgIpc) is 3.27. The van der Waals surface area contributed by atoms with E-state index >= 15 is 0 Å². The second kappa shape index (κ2) is 7.93. The molecule has 28 heavy (non-hydrogen) atoms. The van der Waals surface area contributed by atoms with Crippen molar-refractivity contribution in [1.82, 2.24) is 9.88 Å². The molecular weight excluding hydrogens is 394 g/mol. The van der Waals surface area contributed by atoms with Gasteiger partial charge in [-0.05, 0) is 51.4 Å². The number of carbonyl (C=O) groups is 1. The number of hydrogen-bond donors (Lipinski definition) is 1. The molecule has 6 nitrogen and oxygen atoms in total. The van der Waals surface area contributed by atoms with E-state index in [1.807, 2.05) is 36.6 Å². The second-order valence-electron chi connectivity index (χ2n) is 7.69. The number of nitrogens with one attached hydrogen (secondary N) is 1. The first-order valence-electron chi connectivity index (χ1n) is 9.67. The first kappa shape index (κ1) is 19.5. The smallest absolute Gasteiger partial charge is 0.227 e. The van der Waals surface area contributed by atoms with Crippen LogP contribution in [0.25, 0.3) is 11.3 Å². The number of piperidine rings is 1. The lowest BCUT2D eigenvalue weighted by molar-refractivity contribution is -0.121. The Bertz CT molecular complexity index is 963. The van der Waals surface area contributed by atoms with Crippen LogP contribution in [0.4, 0.5) is 5.69 Å². The summed E-state index contributed by atoms with van der Waals surface area (Å²) in [6, 6.07) is 7.93. The fourth-order valence-corrected chi connectivity index (χ4v) is 6.47. The summed E-state index contributed by atoms with van der Waals surface area (Å²) in [5, 5.41) is 6.09.